The third-order valence-corrected chi connectivity index (χ3v) is 5.85. The van der Waals surface area contributed by atoms with Gasteiger partial charge >= 0.3 is 6.18 Å². The number of aromatic nitrogens is 1. The number of halogens is 4. The summed E-state index contributed by atoms with van der Waals surface area (Å²) in [7, 11) is 1.58. The van der Waals surface area contributed by atoms with Crippen molar-refractivity contribution in [2.75, 3.05) is 7.05 Å². The lowest BCUT2D eigenvalue weighted by Gasteiger charge is -2.26. The number of benzene rings is 2. The number of likely N-dealkylation sites (N-methyl/N-ethyl adjacent to an activating group) is 1. The fourth-order valence-electron chi connectivity index (χ4n) is 3.60. The molecule has 0 saturated carbocycles. The van der Waals surface area contributed by atoms with Crippen molar-refractivity contribution in [3.8, 4) is 0 Å². The van der Waals surface area contributed by atoms with Crippen LogP contribution in [0.5, 0.6) is 0 Å². The van der Waals surface area contributed by atoms with Gasteiger partial charge in [0.1, 0.15) is 11.7 Å². The zero-order valence-electron chi connectivity index (χ0n) is 18.3. The molecule has 0 saturated heterocycles. The maximum absolute atomic E-state index is 12.8. The van der Waals surface area contributed by atoms with E-state index in [2.05, 4.69) is 15.6 Å². The Morgan fingerprint density at radius 1 is 1.06 bits per heavy atom. The molecule has 1 heterocycles. The molecule has 33 heavy (non-hydrogen) atoms. The van der Waals surface area contributed by atoms with Crippen molar-refractivity contribution in [1.82, 2.24) is 15.6 Å². The Bertz CT molecular complexity index is 1070. The highest BCUT2D eigenvalue weighted by atomic mass is 35.5. The molecule has 3 aromatic rings. The lowest BCUT2D eigenvalue weighted by molar-refractivity contribution is -0.141. The molecule has 0 fully saturated rings. The van der Waals surface area contributed by atoms with Crippen LogP contribution in [0.4, 0.5) is 13.2 Å². The van der Waals surface area contributed by atoms with Gasteiger partial charge in [0.15, 0.2) is 0 Å². The molecule has 8 heteroatoms. The summed E-state index contributed by atoms with van der Waals surface area (Å²) in [5.74, 6) is -0.187. The van der Waals surface area contributed by atoms with E-state index in [-0.39, 0.29) is 11.9 Å². The van der Waals surface area contributed by atoms with Crippen LogP contribution in [0.3, 0.4) is 0 Å². The second-order valence-corrected chi connectivity index (χ2v) is 8.18. The summed E-state index contributed by atoms with van der Waals surface area (Å²) in [6.07, 6.45) is -2.21. The molecule has 0 bridgehead atoms. The molecule has 0 aliphatic heterocycles. The van der Waals surface area contributed by atoms with Gasteiger partial charge in [0.2, 0.25) is 5.91 Å². The molecule has 1 unspecified atom stereocenters. The summed E-state index contributed by atoms with van der Waals surface area (Å²) in [5, 5.41) is 6.76. The number of nitrogens with one attached hydrogen (secondary N) is 2. The van der Waals surface area contributed by atoms with E-state index < -0.39 is 17.9 Å². The first-order valence-electron chi connectivity index (χ1n) is 10.5. The summed E-state index contributed by atoms with van der Waals surface area (Å²) in [6, 6.07) is 16.6. The van der Waals surface area contributed by atoms with Gasteiger partial charge in [-0.2, -0.15) is 13.2 Å². The van der Waals surface area contributed by atoms with Gasteiger partial charge in [-0.05, 0) is 54.2 Å². The molecule has 0 aliphatic rings. The standard InChI is InChI=1S/C25H25ClF3N3O/c1-16-14-19(10-11-20(16)26)21(12-8-17-9-13-22(31-15-17)25(27,28)29)32-23(24(33)30-2)18-6-4-3-5-7-18/h3-7,9-11,13-15,21,23,32H,8,12H2,1-2H3,(H,30,33)/t21-,23?/m0/s1. The van der Waals surface area contributed by atoms with Crippen LogP contribution in [0.15, 0.2) is 66.9 Å². The summed E-state index contributed by atoms with van der Waals surface area (Å²) < 4.78 is 38.5. The van der Waals surface area contributed by atoms with Crippen LogP contribution in [0.25, 0.3) is 0 Å². The molecule has 1 amide bonds. The number of carbonyl (C=O) groups is 1. The number of amides is 1. The lowest BCUT2D eigenvalue weighted by Crippen LogP contribution is -2.38. The van der Waals surface area contributed by atoms with E-state index in [0.717, 1.165) is 22.8 Å². The Morgan fingerprint density at radius 2 is 1.79 bits per heavy atom. The van der Waals surface area contributed by atoms with E-state index in [1.54, 1.807) is 13.1 Å². The summed E-state index contributed by atoms with van der Waals surface area (Å²) in [4.78, 5) is 16.2. The Labute approximate surface area is 196 Å². The Balaban J connectivity index is 1.87. The number of pyridine rings is 1. The molecule has 2 aromatic carbocycles. The second kappa shape index (κ2) is 10.8. The monoisotopic (exact) mass is 475 g/mol. The van der Waals surface area contributed by atoms with Crippen molar-refractivity contribution in [3.63, 3.8) is 0 Å². The zero-order chi connectivity index (χ0) is 24.0. The van der Waals surface area contributed by atoms with Gasteiger partial charge in [0.05, 0.1) is 0 Å². The third-order valence-electron chi connectivity index (χ3n) is 5.43. The Hall–Kier alpha value is -2.90. The maximum Gasteiger partial charge on any atom is 0.433 e. The number of hydrogen-bond acceptors (Lipinski definition) is 3. The molecule has 1 aromatic heterocycles. The second-order valence-electron chi connectivity index (χ2n) is 7.77. The van der Waals surface area contributed by atoms with Gasteiger partial charge in [0.25, 0.3) is 0 Å². The van der Waals surface area contributed by atoms with Crippen molar-refractivity contribution >= 4 is 17.5 Å². The lowest BCUT2D eigenvalue weighted by atomic mass is 9.95. The molecule has 2 atom stereocenters. The van der Waals surface area contributed by atoms with Crippen molar-refractivity contribution in [2.45, 2.75) is 38.0 Å². The number of nitrogens with zero attached hydrogens (tertiary/aromatic N) is 1. The molecule has 4 nitrogen and oxygen atoms in total. The van der Waals surface area contributed by atoms with Crippen LogP contribution in [0, 0.1) is 6.92 Å². The average Bonchev–Trinajstić information content (AvgIpc) is 2.81. The van der Waals surface area contributed by atoms with E-state index in [0.29, 0.717) is 23.4 Å². The summed E-state index contributed by atoms with van der Waals surface area (Å²) >= 11 is 6.20. The maximum atomic E-state index is 12.8. The zero-order valence-corrected chi connectivity index (χ0v) is 19.0. The predicted molar refractivity (Wildman–Crippen MR) is 123 cm³/mol. The van der Waals surface area contributed by atoms with Crippen molar-refractivity contribution in [2.24, 2.45) is 0 Å². The third kappa shape index (κ3) is 6.55. The molecular formula is C25H25ClF3N3O. The van der Waals surface area contributed by atoms with E-state index in [1.165, 1.54) is 12.3 Å². The fraction of sp³-hybridized carbons (Fsp3) is 0.280. The van der Waals surface area contributed by atoms with E-state index >= 15 is 0 Å². The van der Waals surface area contributed by atoms with Crippen LogP contribution in [-0.2, 0) is 17.4 Å². The first kappa shape index (κ1) is 24.7. The minimum Gasteiger partial charge on any atom is -0.358 e. The number of alkyl halides is 3. The van der Waals surface area contributed by atoms with E-state index in [1.807, 2.05) is 49.4 Å². The van der Waals surface area contributed by atoms with E-state index in [9.17, 15) is 18.0 Å². The molecule has 2 N–H and O–H groups in total. The molecule has 3 rings (SSSR count). The number of hydrogen-bond donors (Lipinski definition) is 2. The summed E-state index contributed by atoms with van der Waals surface area (Å²) in [6.45, 7) is 1.90. The average molecular weight is 476 g/mol. The largest absolute Gasteiger partial charge is 0.433 e. The predicted octanol–water partition coefficient (Wildman–Crippen LogP) is 5.81. The highest BCUT2D eigenvalue weighted by Crippen LogP contribution is 2.29. The van der Waals surface area contributed by atoms with Crippen molar-refractivity contribution in [1.29, 1.82) is 0 Å². The first-order chi connectivity index (χ1) is 15.7. The number of aryl methyl sites for hydroxylation is 2. The Kier molecular flexibility index (Phi) is 8.10. The minimum absolute atomic E-state index is 0.187. The van der Waals surface area contributed by atoms with Crippen molar-refractivity contribution < 1.29 is 18.0 Å². The van der Waals surface area contributed by atoms with Crippen LogP contribution in [0.1, 0.15) is 46.5 Å². The van der Waals surface area contributed by atoms with Crippen LogP contribution in [0.2, 0.25) is 5.02 Å². The smallest absolute Gasteiger partial charge is 0.358 e. The van der Waals surface area contributed by atoms with Gasteiger partial charge in [-0.25, -0.2) is 0 Å². The van der Waals surface area contributed by atoms with Gasteiger partial charge in [-0.3, -0.25) is 15.1 Å². The topological polar surface area (TPSA) is 54.0 Å². The highest BCUT2D eigenvalue weighted by Gasteiger charge is 2.32. The molecule has 174 valence electrons. The van der Waals surface area contributed by atoms with E-state index in [4.69, 9.17) is 11.6 Å². The number of rotatable bonds is 8. The van der Waals surface area contributed by atoms with Gasteiger partial charge in [0, 0.05) is 24.3 Å². The number of carbonyl (C=O) groups excluding carboxylic acids is 1. The summed E-state index contributed by atoms with van der Waals surface area (Å²) in [5.41, 5.74) is 2.40. The minimum atomic E-state index is -4.47. The first-order valence-corrected chi connectivity index (χ1v) is 10.9. The van der Waals surface area contributed by atoms with Crippen LogP contribution < -0.4 is 10.6 Å². The SMILES string of the molecule is CNC(=O)C(N[C@@H](CCc1ccc(C(F)(F)F)nc1)c1ccc(Cl)c(C)c1)c1ccccc1. The van der Waals surface area contributed by atoms with Gasteiger partial charge in [-0.1, -0.05) is 60.1 Å². The molecule has 0 aliphatic carbocycles. The quantitative estimate of drug-likeness (QED) is 0.432. The fourth-order valence-corrected chi connectivity index (χ4v) is 3.71. The molecular weight excluding hydrogens is 451 g/mol. The normalized spacial score (nSPS) is 13.4. The van der Waals surface area contributed by atoms with Gasteiger partial charge < -0.3 is 5.32 Å². The van der Waals surface area contributed by atoms with Crippen LogP contribution in [-0.4, -0.2) is 17.9 Å². The molecule has 0 radical (unpaired) electrons. The van der Waals surface area contributed by atoms with Crippen molar-refractivity contribution in [3.05, 3.63) is 99.8 Å². The molecule has 0 spiro atoms. The Morgan fingerprint density at radius 3 is 2.36 bits per heavy atom. The van der Waals surface area contributed by atoms with Gasteiger partial charge in [-0.15, -0.1) is 0 Å². The van der Waals surface area contributed by atoms with Crippen LogP contribution >= 0.6 is 11.6 Å². The highest BCUT2D eigenvalue weighted by molar-refractivity contribution is 6.31.